The van der Waals surface area contributed by atoms with Gasteiger partial charge in [-0.15, -0.1) is 0 Å². The Kier molecular flexibility index (Phi) is 7.87. The van der Waals surface area contributed by atoms with E-state index in [0.29, 0.717) is 18.1 Å². The second-order valence-corrected chi connectivity index (χ2v) is 10.2. The van der Waals surface area contributed by atoms with Crippen molar-refractivity contribution in [3.8, 4) is 0 Å². The van der Waals surface area contributed by atoms with E-state index in [9.17, 15) is 4.79 Å². The average Bonchev–Trinajstić information content (AvgIpc) is 3.05. The van der Waals surface area contributed by atoms with E-state index >= 15 is 0 Å². The number of aromatic nitrogens is 2. The monoisotopic (exact) mass is 446 g/mol. The second-order valence-electron chi connectivity index (χ2n) is 10.2. The number of anilines is 1. The van der Waals surface area contributed by atoms with Crippen LogP contribution in [0, 0.1) is 31.6 Å². The molecule has 4 rings (SSSR count). The summed E-state index contributed by atoms with van der Waals surface area (Å²) < 4.78 is 7.35. The molecule has 8 heteroatoms. The Morgan fingerprint density at radius 2 is 1.78 bits per heavy atom. The van der Waals surface area contributed by atoms with Crippen LogP contribution >= 0.6 is 0 Å². The van der Waals surface area contributed by atoms with Crippen molar-refractivity contribution in [2.24, 2.45) is 24.8 Å². The first-order valence-electron chi connectivity index (χ1n) is 12.5. The van der Waals surface area contributed by atoms with E-state index in [0.717, 1.165) is 61.8 Å². The van der Waals surface area contributed by atoms with Crippen molar-refractivity contribution in [1.29, 1.82) is 0 Å². The van der Waals surface area contributed by atoms with Crippen LogP contribution in [-0.2, 0) is 16.6 Å². The Balaban J connectivity index is 1.22. The highest BCUT2D eigenvalue weighted by Gasteiger charge is 2.33. The molecule has 0 bridgehead atoms. The normalized spacial score (nSPS) is 33.8. The van der Waals surface area contributed by atoms with Crippen molar-refractivity contribution < 1.29 is 9.53 Å². The summed E-state index contributed by atoms with van der Waals surface area (Å²) in [5.41, 5.74) is 2.75. The maximum atomic E-state index is 13.0. The molecule has 1 aromatic heterocycles. The zero-order valence-corrected chi connectivity index (χ0v) is 20.2. The van der Waals surface area contributed by atoms with Gasteiger partial charge in [0, 0.05) is 39.2 Å². The number of aryl methyl sites for hydroxylation is 2. The molecule has 0 aromatic carbocycles. The van der Waals surface area contributed by atoms with Gasteiger partial charge in [-0.25, -0.2) is 0 Å². The second kappa shape index (κ2) is 10.6. The summed E-state index contributed by atoms with van der Waals surface area (Å²) in [5.74, 6) is 1.67. The fraction of sp³-hybridized carbons (Fsp3) is 0.833. The summed E-state index contributed by atoms with van der Waals surface area (Å²) in [4.78, 5) is 13.0. The molecule has 1 aromatic rings. The maximum absolute atomic E-state index is 13.0. The third kappa shape index (κ3) is 5.53. The zero-order chi connectivity index (χ0) is 22.7. The van der Waals surface area contributed by atoms with Gasteiger partial charge < -0.3 is 10.1 Å². The van der Waals surface area contributed by atoms with Gasteiger partial charge in [-0.2, -0.15) is 5.10 Å². The summed E-state index contributed by atoms with van der Waals surface area (Å²) in [5, 5.41) is 18.7. The van der Waals surface area contributed by atoms with Crippen molar-refractivity contribution in [2.75, 3.05) is 25.5 Å². The minimum atomic E-state index is 0.0487. The summed E-state index contributed by atoms with van der Waals surface area (Å²) in [7, 11) is 3.75. The van der Waals surface area contributed by atoms with Gasteiger partial charge in [0.05, 0.1) is 23.2 Å². The van der Waals surface area contributed by atoms with Gasteiger partial charge in [0.1, 0.15) is 6.29 Å². The van der Waals surface area contributed by atoms with Gasteiger partial charge in [0.15, 0.2) is 0 Å². The van der Waals surface area contributed by atoms with Gasteiger partial charge in [-0.1, -0.05) is 6.42 Å². The lowest BCUT2D eigenvalue weighted by atomic mass is 9.78. The van der Waals surface area contributed by atoms with E-state index in [1.165, 1.54) is 25.7 Å². The molecule has 4 N–H and O–H groups in total. The molecule has 2 atom stereocenters. The van der Waals surface area contributed by atoms with Crippen molar-refractivity contribution >= 4 is 11.6 Å². The highest BCUT2D eigenvalue weighted by Crippen LogP contribution is 2.32. The van der Waals surface area contributed by atoms with Gasteiger partial charge >= 0.3 is 0 Å². The van der Waals surface area contributed by atoms with Crippen LogP contribution in [0.4, 0.5) is 5.69 Å². The third-order valence-electron chi connectivity index (χ3n) is 8.09. The topological polar surface area (TPSA) is 92.2 Å². The molecule has 0 spiro atoms. The standard InChI is InChI=1S/C24H42N6O2/c1-15-22(16(2)30(3)29-15)28-23(31)18-6-5-7-20(12-18)27-24-25-13-19(14-26-24)17-8-10-21(32-4)11-9-17/h17-21,24-27H,5-14H2,1-4H3,(H,28,31). The first-order valence-corrected chi connectivity index (χ1v) is 12.5. The van der Waals surface area contributed by atoms with Crippen LogP contribution in [0.2, 0.25) is 0 Å². The van der Waals surface area contributed by atoms with E-state index in [1.54, 1.807) is 0 Å². The number of hydrogen-bond donors (Lipinski definition) is 4. The fourth-order valence-electron chi connectivity index (χ4n) is 5.92. The minimum Gasteiger partial charge on any atom is -0.381 e. The van der Waals surface area contributed by atoms with Crippen molar-refractivity contribution in [3.63, 3.8) is 0 Å². The predicted octanol–water partition coefficient (Wildman–Crippen LogP) is 2.42. The Hall–Kier alpha value is -1.48. The summed E-state index contributed by atoms with van der Waals surface area (Å²) in [6.07, 6.45) is 9.60. The van der Waals surface area contributed by atoms with E-state index in [1.807, 2.05) is 32.7 Å². The molecule has 2 heterocycles. The van der Waals surface area contributed by atoms with Crippen molar-refractivity contribution in [2.45, 2.75) is 83.6 Å². The van der Waals surface area contributed by atoms with Gasteiger partial charge in [-0.05, 0) is 70.6 Å². The van der Waals surface area contributed by atoms with E-state index in [-0.39, 0.29) is 18.1 Å². The van der Waals surface area contributed by atoms with Crippen molar-refractivity contribution in [1.82, 2.24) is 25.7 Å². The maximum Gasteiger partial charge on any atom is 0.227 e. The van der Waals surface area contributed by atoms with Crippen LogP contribution < -0.4 is 21.3 Å². The number of nitrogens with one attached hydrogen (secondary N) is 4. The molecule has 2 aliphatic carbocycles. The number of amides is 1. The molecule has 1 aliphatic heterocycles. The fourth-order valence-corrected chi connectivity index (χ4v) is 5.92. The summed E-state index contributed by atoms with van der Waals surface area (Å²) in [6.45, 7) is 6.06. The predicted molar refractivity (Wildman–Crippen MR) is 126 cm³/mol. The number of carbonyl (C=O) groups excluding carboxylic acids is 1. The third-order valence-corrected chi connectivity index (χ3v) is 8.09. The molecule has 2 saturated carbocycles. The van der Waals surface area contributed by atoms with Crippen LogP contribution in [0.3, 0.4) is 0 Å². The van der Waals surface area contributed by atoms with Crippen molar-refractivity contribution in [3.05, 3.63) is 11.4 Å². The minimum absolute atomic E-state index is 0.0487. The smallest absolute Gasteiger partial charge is 0.227 e. The number of nitrogens with zero attached hydrogens (tertiary/aromatic N) is 2. The van der Waals surface area contributed by atoms with Crippen LogP contribution in [0.5, 0.6) is 0 Å². The lowest BCUT2D eigenvalue weighted by Gasteiger charge is -2.40. The number of carbonyl (C=O) groups is 1. The molecule has 0 radical (unpaired) electrons. The van der Waals surface area contributed by atoms with E-state index < -0.39 is 0 Å². The Morgan fingerprint density at radius 3 is 2.41 bits per heavy atom. The van der Waals surface area contributed by atoms with Crippen LogP contribution in [0.25, 0.3) is 0 Å². The molecule has 32 heavy (non-hydrogen) atoms. The Labute approximate surface area is 192 Å². The molecular weight excluding hydrogens is 404 g/mol. The molecule has 1 amide bonds. The van der Waals surface area contributed by atoms with Gasteiger partial charge in [-0.3, -0.25) is 25.4 Å². The molecule has 1 saturated heterocycles. The first-order chi connectivity index (χ1) is 15.4. The number of hydrogen-bond acceptors (Lipinski definition) is 6. The number of ether oxygens (including phenoxy) is 1. The molecule has 3 aliphatic rings. The molecule has 180 valence electrons. The average molecular weight is 447 g/mol. The highest BCUT2D eigenvalue weighted by atomic mass is 16.5. The number of rotatable bonds is 6. The van der Waals surface area contributed by atoms with Crippen LogP contribution in [-0.4, -0.2) is 54.3 Å². The van der Waals surface area contributed by atoms with E-state index in [4.69, 9.17) is 4.74 Å². The van der Waals surface area contributed by atoms with E-state index in [2.05, 4.69) is 26.4 Å². The largest absolute Gasteiger partial charge is 0.381 e. The molecule has 8 nitrogen and oxygen atoms in total. The Morgan fingerprint density at radius 1 is 1.06 bits per heavy atom. The SMILES string of the molecule is COC1CCC(C2CNC(NC3CCCC(C(=O)Nc4c(C)nn(C)c4C)C3)NC2)CC1. The van der Waals surface area contributed by atoms with Gasteiger partial charge in [0.2, 0.25) is 5.91 Å². The first kappa shape index (κ1) is 23.7. The van der Waals surface area contributed by atoms with Gasteiger partial charge in [0.25, 0.3) is 0 Å². The molecule has 2 unspecified atom stereocenters. The summed E-state index contributed by atoms with van der Waals surface area (Å²) >= 11 is 0. The highest BCUT2D eigenvalue weighted by molar-refractivity contribution is 5.93. The lowest BCUT2D eigenvalue weighted by Crippen LogP contribution is -2.63. The quantitative estimate of drug-likeness (QED) is 0.536. The lowest BCUT2D eigenvalue weighted by molar-refractivity contribution is -0.121. The van der Waals surface area contributed by atoms with Crippen LogP contribution in [0.1, 0.15) is 62.8 Å². The Bertz CT molecular complexity index is 765. The number of methoxy groups -OCH3 is 1. The molecule has 3 fully saturated rings. The van der Waals surface area contributed by atoms with Crippen LogP contribution in [0.15, 0.2) is 0 Å². The molecular formula is C24H42N6O2. The zero-order valence-electron chi connectivity index (χ0n) is 20.2. The summed E-state index contributed by atoms with van der Waals surface area (Å²) in [6, 6.07) is 0.356.